The molecule has 0 heterocycles. The van der Waals surface area contributed by atoms with Crippen LogP contribution in [0.5, 0.6) is 0 Å². The Morgan fingerprint density at radius 3 is 2.17 bits per heavy atom. The summed E-state index contributed by atoms with van der Waals surface area (Å²) in [6.45, 7) is 9.34. The molecule has 2 rings (SSSR count). The fourth-order valence-electron chi connectivity index (χ4n) is 2.84. The summed E-state index contributed by atoms with van der Waals surface area (Å²) in [5.41, 5.74) is 3.23. The van der Waals surface area contributed by atoms with E-state index in [0.29, 0.717) is 12.0 Å². The van der Waals surface area contributed by atoms with Crippen LogP contribution < -0.4 is 0 Å². The number of rotatable bonds is 5. The highest BCUT2D eigenvalue weighted by atomic mass is 16.5. The Kier molecular flexibility index (Phi) is 5.58. The molecule has 0 N–H and O–H groups in total. The van der Waals surface area contributed by atoms with Gasteiger partial charge in [-0.15, -0.1) is 10.3 Å². The van der Waals surface area contributed by atoms with Crippen LogP contribution in [0.15, 0.2) is 48.5 Å². The topological polar surface area (TPSA) is 40.2 Å². The van der Waals surface area contributed by atoms with E-state index >= 15 is 0 Å². The number of benzene rings is 2. The minimum atomic E-state index is -0.513. The molecule has 1 unspecified atom stereocenters. The Labute approximate surface area is 144 Å². The number of nitrogens with zero attached hydrogens (tertiary/aromatic N) is 1. The van der Waals surface area contributed by atoms with E-state index in [1.54, 1.807) is 6.92 Å². The van der Waals surface area contributed by atoms with Gasteiger partial charge in [-0.2, -0.15) is 0 Å². The SMILES string of the molecule is CC(=O)c1ccccc1CC(c1ccc(C)cc1)N([O])C(C)(C)C. The second-order valence-electron chi connectivity index (χ2n) is 7.34. The van der Waals surface area contributed by atoms with Gasteiger partial charge in [-0.3, -0.25) is 4.79 Å². The third kappa shape index (κ3) is 4.31. The Hall–Kier alpha value is -1.97. The first-order chi connectivity index (χ1) is 11.2. The summed E-state index contributed by atoms with van der Waals surface area (Å²) in [6, 6.07) is 15.3. The molecule has 2 aromatic rings. The van der Waals surface area contributed by atoms with Crippen molar-refractivity contribution in [3.63, 3.8) is 0 Å². The molecule has 0 aliphatic heterocycles. The van der Waals surface area contributed by atoms with E-state index in [-0.39, 0.29) is 11.8 Å². The highest BCUT2D eigenvalue weighted by molar-refractivity contribution is 5.95. The van der Waals surface area contributed by atoms with Crippen LogP contribution >= 0.6 is 0 Å². The van der Waals surface area contributed by atoms with Crippen LogP contribution in [0.4, 0.5) is 0 Å². The van der Waals surface area contributed by atoms with Crippen molar-refractivity contribution in [1.29, 1.82) is 0 Å². The van der Waals surface area contributed by atoms with Crippen molar-refractivity contribution < 1.29 is 10.0 Å². The molecule has 24 heavy (non-hydrogen) atoms. The first kappa shape index (κ1) is 18.4. The zero-order valence-corrected chi connectivity index (χ0v) is 15.2. The maximum atomic E-state index is 13.0. The van der Waals surface area contributed by atoms with Crippen LogP contribution in [-0.4, -0.2) is 16.4 Å². The van der Waals surface area contributed by atoms with Crippen molar-refractivity contribution in [3.8, 4) is 0 Å². The highest BCUT2D eigenvalue weighted by Gasteiger charge is 2.31. The largest absolute Gasteiger partial charge is 0.295 e. The Bertz CT molecular complexity index is 699. The predicted molar refractivity (Wildman–Crippen MR) is 96.3 cm³/mol. The normalized spacial score (nSPS) is 13.1. The van der Waals surface area contributed by atoms with E-state index in [4.69, 9.17) is 0 Å². The summed E-state index contributed by atoms with van der Waals surface area (Å²) in [5.74, 6) is 0.0291. The number of Topliss-reactive ketones (excluding diaryl/α,β-unsaturated/α-hetero) is 1. The maximum Gasteiger partial charge on any atom is 0.160 e. The van der Waals surface area contributed by atoms with E-state index < -0.39 is 5.54 Å². The van der Waals surface area contributed by atoms with E-state index in [9.17, 15) is 10.0 Å². The van der Waals surface area contributed by atoms with Crippen molar-refractivity contribution in [3.05, 3.63) is 70.8 Å². The van der Waals surface area contributed by atoms with Crippen LogP contribution in [0.2, 0.25) is 0 Å². The summed E-state index contributed by atoms with van der Waals surface area (Å²) in [6.07, 6.45) is 0.513. The van der Waals surface area contributed by atoms with E-state index in [1.807, 2.05) is 76.2 Å². The summed E-state index contributed by atoms with van der Waals surface area (Å²) < 4.78 is 0. The second kappa shape index (κ2) is 7.29. The number of hydroxylamine groups is 2. The molecular formula is C21H26NO2. The van der Waals surface area contributed by atoms with Crippen molar-refractivity contribution in [2.75, 3.05) is 0 Å². The van der Waals surface area contributed by atoms with Gasteiger partial charge < -0.3 is 0 Å². The first-order valence-electron chi connectivity index (χ1n) is 8.32. The lowest BCUT2D eigenvalue weighted by Crippen LogP contribution is -2.41. The average Bonchev–Trinajstić information content (AvgIpc) is 2.52. The van der Waals surface area contributed by atoms with Gasteiger partial charge in [-0.05, 0) is 52.2 Å². The maximum absolute atomic E-state index is 13.0. The molecule has 0 saturated heterocycles. The van der Waals surface area contributed by atoms with Gasteiger partial charge in [0.05, 0.1) is 6.04 Å². The molecule has 0 aliphatic rings. The van der Waals surface area contributed by atoms with Gasteiger partial charge in [0.2, 0.25) is 0 Å². The van der Waals surface area contributed by atoms with Crippen LogP contribution in [0, 0.1) is 6.92 Å². The van der Waals surface area contributed by atoms with Crippen LogP contribution in [0.25, 0.3) is 0 Å². The molecule has 2 aromatic carbocycles. The summed E-state index contributed by atoms with van der Waals surface area (Å²) in [4.78, 5) is 11.9. The van der Waals surface area contributed by atoms with Gasteiger partial charge in [-0.25, -0.2) is 0 Å². The van der Waals surface area contributed by atoms with Crippen LogP contribution in [0.3, 0.4) is 0 Å². The minimum Gasteiger partial charge on any atom is -0.295 e. The van der Waals surface area contributed by atoms with Crippen LogP contribution in [-0.2, 0) is 11.6 Å². The van der Waals surface area contributed by atoms with Crippen molar-refractivity contribution in [1.82, 2.24) is 5.06 Å². The van der Waals surface area contributed by atoms with Crippen molar-refractivity contribution in [2.24, 2.45) is 0 Å². The average molecular weight is 324 g/mol. The highest BCUT2D eigenvalue weighted by Crippen LogP contribution is 2.31. The quantitative estimate of drug-likeness (QED) is 0.578. The van der Waals surface area contributed by atoms with E-state index in [2.05, 4.69) is 0 Å². The zero-order valence-electron chi connectivity index (χ0n) is 15.2. The van der Waals surface area contributed by atoms with E-state index in [0.717, 1.165) is 21.8 Å². The molecule has 0 bridgehead atoms. The number of aryl methyl sites for hydroxylation is 1. The zero-order chi connectivity index (χ0) is 17.9. The first-order valence-corrected chi connectivity index (χ1v) is 8.32. The summed E-state index contributed by atoms with van der Waals surface area (Å²) in [7, 11) is 0. The number of ketones is 1. The molecule has 0 aliphatic carbocycles. The third-order valence-corrected chi connectivity index (χ3v) is 4.22. The smallest absolute Gasteiger partial charge is 0.160 e. The van der Waals surface area contributed by atoms with Crippen molar-refractivity contribution >= 4 is 5.78 Å². The van der Waals surface area contributed by atoms with Gasteiger partial charge in [0.15, 0.2) is 5.78 Å². The van der Waals surface area contributed by atoms with Crippen LogP contribution in [0.1, 0.15) is 60.8 Å². The van der Waals surface area contributed by atoms with Gasteiger partial charge in [-0.1, -0.05) is 54.1 Å². The lowest BCUT2D eigenvalue weighted by Gasteiger charge is -2.35. The Morgan fingerprint density at radius 1 is 1.04 bits per heavy atom. The number of carbonyl (C=O) groups is 1. The van der Waals surface area contributed by atoms with Gasteiger partial charge >= 0.3 is 0 Å². The molecule has 1 atom stereocenters. The molecule has 1 radical (unpaired) electrons. The Morgan fingerprint density at radius 2 is 1.62 bits per heavy atom. The lowest BCUT2D eigenvalue weighted by atomic mass is 9.91. The van der Waals surface area contributed by atoms with Gasteiger partial charge in [0, 0.05) is 11.1 Å². The monoisotopic (exact) mass is 324 g/mol. The summed E-state index contributed by atoms with van der Waals surface area (Å²) >= 11 is 0. The number of carbonyl (C=O) groups excluding carboxylic acids is 1. The standard InChI is InChI=1S/C21H26NO2/c1-15-10-12-17(13-11-15)20(22(24)21(3,4)5)14-18-8-6-7-9-19(18)16(2)23/h6-13,20H,14H2,1-5H3. The minimum absolute atomic E-state index is 0.0291. The molecule has 0 spiro atoms. The molecule has 3 nitrogen and oxygen atoms in total. The fraction of sp³-hybridized carbons (Fsp3) is 0.381. The predicted octanol–water partition coefficient (Wildman–Crippen LogP) is 4.93. The number of hydrogen-bond acceptors (Lipinski definition) is 2. The van der Waals surface area contributed by atoms with Crippen molar-refractivity contribution in [2.45, 2.75) is 52.6 Å². The molecule has 0 fully saturated rings. The molecule has 0 saturated carbocycles. The molecule has 0 aromatic heterocycles. The molecule has 0 amide bonds. The molecule has 127 valence electrons. The second-order valence-corrected chi connectivity index (χ2v) is 7.34. The Balaban J connectivity index is 2.44. The van der Waals surface area contributed by atoms with Gasteiger partial charge in [0.1, 0.15) is 0 Å². The fourth-order valence-corrected chi connectivity index (χ4v) is 2.84. The van der Waals surface area contributed by atoms with E-state index in [1.165, 1.54) is 0 Å². The lowest BCUT2D eigenvalue weighted by molar-refractivity contribution is -0.241. The number of hydrogen-bond donors (Lipinski definition) is 0. The van der Waals surface area contributed by atoms with Gasteiger partial charge in [0.25, 0.3) is 0 Å². The summed E-state index contributed by atoms with van der Waals surface area (Å²) in [5, 5.41) is 14.1. The third-order valence-electron chi connectivity index (χ3n) is 4.22. The molecule has 3 heteroatoms. The molecular weight excluding hydrogens is 298 g/mol.